The van der Waals surface area contributed by atoms with Crippen molar-refractivity contribution in [2.24, 2.45) is 5.18 Å². The van der Waals surface area contributed by atoms with Crippen molar-refractivity contribution in [2.45, 2.75) is 50.7 Å². The molecule has 3 nitrogen and oxygen atoms in total. The fourth-order valence-electron chi connectivity index (χ4n) is 4.26. The second-order valence-electron chi connectivity index (χ2n) is 6.66. The van der Waals surface area contributed by atoms with E-state index in [4.69, 9.17) is 0 Å². The maximum atomic E-state index is 10.6. The van der Waals surface area contributed by atoms with Crippen molar-refractivity contribution in [2.75, 3.05) is 6.54 Å². The molecule has 2 saturated heterocycles. The van der Waals surface area contributed by atoms with Gasteiger partial charge in [0.05, 0.1) is 0 Å². The SMILES string of the molecule is O=NCc1ccsc1-c1ccc([C@H]2CC[C@H]3CCCCN32)cc1. The van der Waals surface area contributed by atoms with Crippen molar-refractivity contribution >= 4 is 11.3 Å². The average Bonchev–Trinajstić information content (AvgIpc) is 3.22. The summed E-state index contributed by atoms with van der Waals surface area (Å²) in [5, 5.41) is 5.08. The zero-order chi connectivity index (χ0) is 15.6. The molecule has 4 rings (SSSR count). The maximum absolute atomic E-state index is 10.6. The molecule has 0 N–H and O–H groups in total. The molecule has 0 bridgehead atoms. The molecular weight excluding hydrogens is 304 g/mol. The van der Waals surface area contributed by atoms with Gasteiger partial charge in [-0.3, -0.25) is 4.90 Å². The Morgan fingerprint density at radius 3 is 2.78 bits per heavy atom. The standard InChI is InChI=1S/C19H22N2OS/c22-20-13-16-10-12-23-19(16)15-6-4-14(5-7-15)18-9-8-17-3-1-2-11-21(17)18/h4-7,10,12,17-18H,1-3,8-9,11,13H2/t17-,18-/m1/s1. The Bertz CT molecular complexity index is 679. The molecule has 2 atom stereocenters. The van der Waals surface area contributed by atoms with Gasteiger partial charge in [-0.25, -0.2) is 0 Å². The highest BCUT2D eigenvalue weighted by Gasteiger charge is 2.35. The summed E-state index contributed by atoms with van der Waals surface area (Å²) in [5.74, 6) is 0. The molecule has 0 unspecified atom stereocenters. The van der Waals surface area contributed by atoms with Gasteiger partial charge in [-0.05, 0) is 60.4 Å². The number of hydrogen-bond donors (Lipinski definition) is 0. The minimum Gasteiger partial charge on any atom is -0.293 e. The summed E-state index contributed by atoms with van der Waals surface area (Å²) < 4.78 is 0. The van der Waals surface area contributed by atoms with Gasteiger partial charge in [-0.15, -0.1) is 11.3 Å². The summed E-state index contributed by atoms with van der Waals surface area (Å²) >= 11 is 1.69. The lowest BCUT2D eigenvalue weighted by Gasteiger charge is -2.34. The molecule has 23 heavy (non-hydrogen) atoms. The molecule has 2 aliphatic heterocycles. The average molecular weight is 326 g/mol. The fraction of sp³-hybridized carbons (Fsp3) is 0.474. The van der Waals surface area contributed by atoms with Crippen LogP contribution in [-0.4, -0.2) is 17.5 Å². The van der Waals surface area contributed by atoms with Crippen LogP contribution in [0.1, 0.15) is 49.3 Å². The van der Waals surface area contributed by atoms with Crippen LogP contribution in [0.3, 0.4) is 0 Å². The minimum absolute atomic E-state index is 0.263. The molecule has 0 aliphatic carbocycles. The Hall–Kier alpha value is -1.52. The number of nitrogens with zero attached hydrogens (tertiary/aromatic N) is 2. The highest BCUT2D eigenvalue weighted by Crippen LogP contribution is 2.41. The largest absolute Gasteiger partial charge is 0.293 e. The molecule has 2 fully saturated rings. The number of piperidine rings is 1. The van der Waals surface area contributed by atoms with E-state index < -0.39 is 0 Å². The number of thiophene rings is 1. The number of hydrogen-bond acceptors (Lipinski definition) is 4. The Labute approximate surface area is 141 Å². The van der Waals surface area contributed by atoms with E-state index in [0.29, 0.717) is 6.04 Å². The van der Waals surface area contributed by atoms with Gasteiger partial charge >= 0.3 is 0 Å². The van der Waals surface area contributed by atoms with Crippen molar-refractivity contribution in [1.82, 2.24) is 4.90 Å². The third-order valence-electron chi connectivity index (χ3n) is 5.39. The summed E-state index contributed by atoms with van der Waals surface area (Å²) in [6.07, 6.45) is 6.78. The van der Waals surface area contributed by atoms with Gasteiger partial charge < -0.3 is 0 Å². The van der Waals surface area contributed by atoms with E-state index >= 15 is 0 Å². The lowest BCUT2D eigenvalue weighted by atomic mass is 10.0. The highest BCUT2D eigenvalue weighted by molar-refractivity contribution is 7.13. The Balaban J connectivity index is 1.56. The maximum Gasteiger partial charge on any atom is 0.108 e. The second-order valence-corrected chi connectivity index (χ2v) is 7.58. The van der Waals surface area contributed by atoms with Gasteiger partial charge in [-0.2, -0.15) is 4.91 Å². The molecule has 0 saturated carbocycles. The molecule has 0 spiro atoms. The third-order valence-corrected chi connectivity index (χ3v) is 6.39. The van der Waals surface area contributed by atoms with Crippen LogP contribution in [0.4, 0.5) is 0 Å². The lowest BCUT2D eigenvalue weighted by molar-refractivity contribution is 0.150. The normalized spacial score (nSPS) is 24.5. The van der Waals surface area contributed by atoms with Crippen molar-refractivity contribution in [1.29, 1.82) is 0 Å². The number of fused-ring (bicyclic) bond motifs is 1. The van der Waals surface area contributed by atoms with Gasteiger partial charge in [0.1, 0.15) is 6.54 Å². The molecule has 1 aromatic carbocycles. The topological polar surface area (TPSA) is 32.7 Å². The van der Waals surface area contributed by atoms with E-state index in [1.54, 1.807) is 11.3 Å². The lowest BCUT2D eigenvalue weighted by Crippen LogP contribution is -2.35. The van der Waals surface area contributed by atoms with E-state index in [1.165, 1.54) is 54.7 Å². The number of rotatable bonds is 4. The molecule has 4 heteroatoms. The molecule has 2 aliphatic rings. The van der Waals surface area contributed by atoms with Crippen molar-refractivity contribution in [3.63, 3.8) is 0 Å². The summed E-state index contributed by atoms with van der Waals surface area (Å²) in [4.78, 5) is 14.5. The fourth-order valence-corrected chi connectivity index (χ4v) is 5.18. The Kier molecular flexibility index (Phi) is 4.27. The van der Waals surface area contributed by atoms with Gasteiger partial charge in [0.25, 0.3) is 0 Å². The minimum atomic E-state index is 0.263. The van der Waals surface area contributed by atoms with Crippen molar-refractivity contribution in [3.8, 4) is 10.4 Å². The first-order chi connectivity index (χ1) is 11.4. The zero-order valence-electron chi connectivity index (χ0n) is 13.3. The van der Waals surface area contributed by atoms with Crippen molar-refractivity contribution < 1.29 is 0 Å². The van der Waals surface area contributed by atoms with Crippen LogP contribution in [0.5, 0.6) is 0 Å². The predicted octanol–water partition coefficient (Wildman–Crippen LogP) is 5.37. The quantitative estimate of drug-likeness (QED) is 0.707. The number of benzene rings is 1. The van der Waals surface area contributed by atoms with E-state index in [-0.39, 0.29) is 6.54 Å². The van der Waals surface area contributed by atoms with Gasteiger partial charge in [0.15, 0.2) is 0 Å². The van der Waals surface area contributed by atoms with Gasteiger partial charge in [0.2, 0.25) is 0 Å². The Morgan fingerprint density at radius 1 is 1.09 bits per heavy atom. The van der Waals surface area contributed by atoms with E-state index in [9.17, 15) is 4.91 Å². The zero-order valence-corrected chi connectivity index (χ0v) is 14.1. The highest BCUT2D eigenvalue weighted by atomic mass is 32.1. The summed E-state index contributed by atoms with van der Waals surface area (Å²) in [6.45, 7) is 1.52. The first kappa shape index (κ1) is 15.0. The van der Waals surface area contributed by atoms with Crippen LogP contribution in [0.15, 0.2) is 40.9 Å². The summed E-state index contributed by atoms with van der Waals surface area (Å²) in [5.41, 5.74) is 3.69. The molecule has 120 valence electrons. The number of nitroso groups, excluding NO2 is 1. The van der Waals surface area contributed by atoms with Crippen LogP contribution in [0, 0.1) is 4.91 Å². The van der Waals surface area contributed by atoms with Crippen LogP contribution in [-0.2, 0) is 6.54 Å². The first-order valence-electron chi connectivity index (χ1n) is 8.58. The third kappa shape index (κ3) is 2.86. The van der Waals surface area contributed by atoms with Crippen LogP contribution in [0.25, 0.3) is 10.4 Å². The summed E-state index contributed by atoms with van der Waals surface area (Å²) in [7, 11) is 0. The van der Waals surface area contributed by atoms with Gasteiger partial charge in [0, 0.05) is 17.0 Å². The molecule has 1 aromatic heterocycles. The molecule has 2 aromatic rings. The molecular formula is C19H22N2OS. The molecule has 0 amide bonds. The molecule has 3 heterocycles. The monoisotopic (exact) mass is 326 g/mol. The second kappa shape index (κ2) is 6.54. The first-order valence-corrected chi connectivity index (χ1v) is 9.46. The van der Waals surface area contributed by atoms with Crippen molar-refractivity contribution in [3.05, 3.63) is 51.7 Å². The van der Waals surface area contributed by atoms with E-state index in [2.05, 4.69) is 34.3 Å². The van der Waals surface area contributed by atoms with Crippen LogP contribution in [0.2, 0.25) is 0 Å². The van der Waals surface area contributed by atoms with Crippen LogP contribution < -0.4 is 0 Å². The van der Waals surface area contributed by atoms with E-state index in [0.717, 1.165) is 11.6 Å². The summed E-state index contributed by atoms with van der Waals surface area (Å²) in [6, 6.07) is 12.4. The van der Waals surface area contributed by atoms with Crippen LogP contribution >= 0.6 is 11.3 Å². The van der Waals surface area contributed by atoms with E-state index in [1.807, 2.05) is 11.4 Å². The van der Waals surface area contributed by atoms with Gasteiger partial charge in [-0.1, -0.05) is 35.9 Å². The Morgan fingerprint density at radius 2 is 1.96 bits per heavy atom. The predicted molar refractivity (Wildman–Crippen MR) is 95.6 cm³/mol. The molecule has 0 radical (unpaired) electrons. The smallest absolute Gasteiger partial charge is 0.108 e.